The van der Waals surface area contributed by atoms with E-state index in [9.17, 15) is 4.79 Å². The maximum absolute atomic E-state index is 12.6. The lowest BCUT2D eigenvalue weighted by Gasteiger charge is -2.36. The van der Waals surface area contributed by atoms with Gasteiger partial charge in [-0.25, -0.2) is 0 Å². The Kier molecular flexibility index (Phi) is 6.08. The zero-order valence-corrected chi connectivity index (χ0v) is 17.1. The van der Waals surface area contributed by atoms with E-state index in [1.807, 2.05) is 23.1 Å². The van der Waals surface area contributed by atoms with E-state index in [0.717, 1.165) is 56.4 Å². The molecular formula is C23H30N4O2. The van der Waals surface area contributed by atoms with Crippen molar-refractivity contribution < 1.29 is 9.53 Å². The minimum Gasteiger partial charge on any atom is -0.495 e. The van der Waals surface area contributed by atoms with Gasteiger partial charge in [0.2, 0.25) is 5.91 Å². The quantitative estimate of drug-likeness (QED) is 0.816. The van der Waals surface area contributed by atoms with E-state index in [0.29, 0.717) is 6.54 Å². The second-order valence-electron chi connectivity index (χ2n) is 7.63. The van der Waals surface area contributed by atoms with Gasteiger partial charge in [0.05, 0.1) is 19.3 Å². The zero-order chi connectivity index (χ0) is 20.1. The van der Waals surface area contributed by atoms with Crippen LogP contribution in [0.15, 0.2) is 48.5 Å². The van der Waals surface area contributed by atoms with Gasteiger partial charge in [-0.3, -0.25) is 4.79 Å². The summed E-state index contributed by atoms with van der Waals surface area (Å²) in [4.78, 5) is 19.3. The molecule has 0 radical (unpaired) electrons. The van der Waals surface area contributed by atoms with Crippen molar-refractivity contribution in [2.24, 2.45) is 0 Å². The number of benzene rings is 2. The second kappa shape index (κ2) is 9.07. The minimum absolute atomic E-state index is 0.147. The molecule has 6 heteroatoms. The van der Waals surface area contributed by atoms with Crippen LogP contribution < -0.4 is 19.9 Å². The lowest BCUT2D eigenvalue weighted by Crippen LogP contribution is -2.50. The van der Waals surface area contributed by atoms with E-state index in [1.54, 1.807) is 7.11 Å². The maximum atomic E-state index is 12.6. The third-order valence-corrected chi connectivity index (χ3v) is 5.84. The number of methoxy groups -OCH3 is 1. The molecular weight excluding hydrogens is 364 g/mol. The molecule has 2 aromatic carbocycles. The number of para-hydroxylation sites is 2. The molecule has 2 saturated heterocycles. The molecule has 1 N–H and O–H groups in total. The molecule has 0 atom stereocenters. The summed E-state index contributed by atoms with van der Waals surface area (Å²) in [5, 5.41) is 3.28. The molecule has 2 aliphatic rings. The minimum atomic E-state index is 0.147. The van der Waals surface area contributed by atoms with Crippen LogP contribution in [-0.4, -0.2) is 63.7 Å². The molecule has 154 valence electrons. The number of anilines is 3. The van der Waals surface area contributed by atoms with Crippen LogP contribution >= 0.6 is 0 Å². The molecule has 1 amide bonds. The van der Waals surface area contributed by atoms with Crippen molar-refractivity contribution in [3.05, 3.63) is 48.5 Å². The lowest BCUT2D eigenvalue weighted by atomic mass is 10.2. The third-order valence-electron chi connectivity index (χ3n) is 5.84. The summed E-state index contributed by atoms with van der Waals surface area (Å²) in [6, 6.07) is 16.5. The fraction of sp³-hybridized carbons (Fsp3) is 0.435. The highest BCUT2D eigenvalue weighted by Crippen LogP contribution is 2.28. The molecule has 2 fully saturated rings. The number of carbonyl (C=O) groups excluding carboxylic acids is 1. The second-order valence-corrected chi connectivity index (χ2v) is 7.63. The van der Waals surface area contributed by atoms with Gasteiger partial charge in [-0.2, -0.15) is 0 Å². The predicted octanol–water partition coefficient (Wildman–Crippen LogP) is 3.06. The molecule has 2 aliphatic heterocycles. The fourth-order valence-electron chi connectivity index (χ4n) is 4.14. The fourth-order valence-corrected chi connectivity index (χ4v) is 4.14. The molecule has 6 nitrogen and oxygen atoms in total. The molecule has 0 aliphatic carbocycles. The SMILES string of the molecule is COc1ccccc1N1CCN(C(=O)CNc2ccc(N3CCCC3)cc2)CC1. The summed E-state index contributed by atoms with van der Waals surface area (Å²) >= 11 is 0. The first-order valence-corrected chi connectivity index (χ1v) is 10.5. The Labute approximate surface area is 173 Å². The summed E-state index contributed by atoms with van der Waals surface area (Å²) in [6.07, 6.45) is 2.55. The Morgan fingerprint density at radius 1 is 0.897 bits per heavy atom. The standard InChI is InChI=1S/C23H30N4O2/c1-29-22-7-3-2-6-21(22)26-14-16-27(17-15-26)23(28)18-24-19-8-10-20(11-9-19)25-12-4-5-13-25/h2-3,6-11,24H,4-5,12-18H2,1H3. The van der Waals surface area contributed by atoms with Crippen LogP contribution in [-0.2, 0) is 4.79 Å². The highest BCUT2D eigenvalue weighted by molar-refractivity contribution is 5.81. The number of ether oxygens (including phenoxy) is 1. The highest BCUT2D eigenvalue weighted by atomic mass is 16.5. The summed E-state index contributed by atoms with van der Waals surface area (Å²) in [6.45, 7) is 5.71. The van der Waals surface area contributed by atoms with E-state index in [4.69, 9.17) is 4.74 Å². The maximum Gasteiger partial charge on any atom is 0.241 e. The van der Waals surface area contributed by atoms with Crippen molar-refractivity contribution in [3.8, 4) is 5.75 Å². The number of hydrogen-bond donors (Lipinski definition) is 1. The van der Waals surface area contributed by atoms with E-state index in [2.05, 4.69) is 45.4 Å². The Bertz CT molecular complexity index is 810. The van der Waals surface area contributed by atoms with Gasteiger partial charge in [0.1, 0.15) is 5.75 Å². The van der Waals surface area contributed by atoms with Crippen LogP contribution in [0.25, 0.3) is 0 Å². The molecule has 2 aromatic rings. The third kappa shape index (κ3) is 4.58. The van der Waals surface area contributed by atoms with Crippen LogP contribution in [0.1, 0.15) is 12.8 Å². The normalized spacial score (nSPS) is 16.8. The molecule has 0 spiro atoms. The molecule has 4 rings (SSSR count). The number of piperazine rings is 1. The molecule has 2 heterocycles. The van der Waals surface area contributed by atoms with Crippen molar-refractivity contribution in [2.75, 3.05) is 68.0 Å². The van der Waals surface area contributed by atoms with Crippen molar-refractivity contribution in [1.29, 1.82) is 0 Å². The van der Waals surface area contributed by atoms with Gasteiger partial charge in [-0.15, -0.1) is 0 Å². The summed E-state index contributed by atoms with van der Waals surface area (Å²) < 4.78 is 5.47. The number of nitrogens with zero attached hydrogens (tertiary/aromatic N) is 3. The van der Waals surface area contributed by atoms with Crippen LogP contribution in [0.5, 0.6) is 5.75 Å². The van der Waals surface area contributed by atoms with Crippen LogP contribution in [0.2, 0.25) is 0 Å². The van der Waals surface area contributed by atoms with Crippen molar-refractivity contribution in [2.45, 2.75) is 12.8 Å². The highest BCUT2D eigenvalue weighted by Gasteiger charge is 2.22. The van der Waals surface area contributed by atoms with Gasteiger partial charge >= 0.3 is 0 Å². The lowest BCUT2D eigenvalue weighted by molar-refractivity contribution is -0.129. The molecule has 0 saturated carbocycles. The van der Waals surface area contributed by atoms with Gasteiger partial charge in [0.25, 0.3) is 0 Å². The number of amides is 1. The molecule has 0 bridgehead atoms. The van der Waals surface area contributed by atoms with Crippen molar-refractivity contribution in [1.82, 2.24) is 4.90 Å². The summed E-state index contributed by atoms with van der Waals surface area (Å²) in [5.41, 5.74) is 3.36. The number of rotatable bonds is 6. The van der Waals surface area contributed by atoms with E-state index >= 15 is 0 Å². The molecule has 0 aromatic heterocycles. The van der Waals surface area contributed by atoms with Gasteiger partial charge in [-0.1, -0.05) is 12.1 Å². The first-order chi connectivity index (χ1) is 14.2. The van der Waals surface area contributed by atoms with E-state index < -0.39 is 0 Å². The van der Waals surface area contributed by atoms with Crippen LogP contribution in [0.3, 0.4) is 0 Å². The Hall–Kier alpha value is -2.89. The molecule has 29 heavy (non-hydrogen) atoms. The van der Waals surface area contributed by atoms with Gasteiger partial charge in [-0.05, 0) is 49.2 Å². The van der Waals surface area contributed by atoms with Crippen molar-refractivity contribution >= 4 is 23.0 Å². The number of nitrogens with one attached hydrogen (secondary N) is 1. The molecule has 0 unspecified atom stereocenters. The Balaban J connectivity index is 1.25. The van der Waals surface area contributed by atoms with Crippen LogP contribution in [0.4, 0.5) is 17.1 Å². The topological polar surface area (TPSA) is 48.1 Å². The van der Waals surface area contributed by atoms with Gasteiger partial charge in [0.15, 0.2) is 0 Å². The van der Waals surface area contributed by atoms with E-state index in [1.165, 1.54) is 18.5 Å². The Morgan fingerprint density at radius 3 is 2.28 bits per heavy atom. The van der Waals surface area contributed by atoms with Gasteiger partial charge in [0, 0.05) is 50.6 Å². The zero-order valence-electron chi connectivity index (χ0n) is 17.1. The van der Waals surface area contributed by atoms with Gasteiger partial charge < -0.3 is 24.8 Å². The predicted molar refractivity (Wildman–Crippen MR) is 118 cm³/mol. The first-order valence-electron chi connectivity index (χ1n) is 10.5. The number of carbonyl (C=O) groups is 1. The average molecular weight is 395 g/mol. The summed E-state index contributed by atoms with van der Waals surface area (Å²) in [7, 11) is 1.70. The largest absolute Gasteiger partial charge is 0.495 e. The number of hydrogen-bond acceptors (Lipinski definition) is 5. The first kappa shape index (κ1) is 19.4. The average Bonchev–Trinajstić information content (AvgIpc) is 3.33. The monoisotopic (exact) mass is 394 g/mol. The smallest absolute Gasteiger partial charge is 0.241 e. The van der Waals surface area contributed by atoms with Crippen LogP contribution in [0, 0.1) is 0 Å². The van der Waals surface area contributed by atoms with Crippen molar-refractivity contribution in [3.63, 3.8) is 0 Å². The Morgan fingerprint density at radius 2 is 1.59 bits per heavy atom. The van der Waals surface area contributed by atoms with E-state index in [-0.39, 0.29) is 5.91 Å². The summed E-state index contributed by atoms with van der Waals surface area (Å²) in [5.74, 6) is 1.03.